The van der Waals surface area contributed by atoms with Crippen molar-refractivity contribution in [1.29, 1.82) is 0 Å². The predicted octanol–water partition coefficient (Wildman–Crippen LogP) is 1.73. The zero-order valence-electron chi connectivity index (χ0n) is 7.76. The van der Waals surface area contributed by atoms with E-state index in [0.29, 0.717) is 14.4 Å². The Kier molecular flexibility index (Phi) is 2.64. The van der Waals surface area contributed by atoms with Gasteiger partial charge in [-0.3, -0.25) is 0 Å². The van der Waals surface area contributed by atoms with E-state index in [1.165, 1.54) is 17.6 Å². The standard InChI is InChI=1S/C9H7NO3S2/c1-15(13)9-6(8(11)12)5-3-2-4-10-7(5)14-9/h2-4H,1H3,(H,11,12). The fourth-order valence-corrected chi connectivity index (χ4v) is 3.38. The molecule has 15 heavy (non-hydrogen) atoms. The van der Waals surface area contributed by atoms with E-state index in [9.17, 15) is 9.35 Å². The van der Waals surface area contributed by atoms with Gasteiger partial charge in [-0.1, -0.05) is 11.3 Å². The SMILES string of the molecule is C[S+]([O-])c1sc2ncccc2c1C(=O)O. The lowest BCUT2D eigenvalue weighted by molar-refractivity contribution is 0.0696. The molecule has 1 atom stereocenters. The molecule has 0 aliphatic carbocycles. The lowest BCUT2D eigenvalue weighted by Crippen LogP contribution is -2.03. The molecule has 1 N–H and O–H groups in total. The Hall–Kier alpha value is -1.11. The number of nitrogens with zero attached hydrogens (tertiary/aromatic N) is 1. The summed E-state index contributed by atoms with van der Waals surface area (Å²) in [6, 6.07) is 3.35. The maximum Gasteiger partial charge on any atom is 0.342 e. The van der Waals surface area contributed by atoms with Crippen LogP contribution in [0.25, 0.3) is 10.2 Å². The van der Waals surface area contributed by atoms with Crippen LogP contribution in [0.5, 0.6) is 0 Å². The highest BCUT2D eigenvalue weighted by Crippen LogP contribution is 2.32. The van der Waals surface area contributed by atoms with Crippen LogP contribution < -0.4 is 0 Å². The fourth-order valence-electron chi connectivity index (χ4n) is 1.32. The smallest absolute Gasteiger partial charge is 0.342 e. The minimum Gasteiger partial charge on any atom is -0.611 e. The van der Waals surface area contributed by atoms with Crippen molar-refractivity contribution in [3.05, 3.63) is 23.9 Å². The van der Waals surface area contributed by atoms with Gasteiger partial charge in [0.15, 0.2) is 0 Å². The van der Waals surface area contributed by atoms with Crippen LogP contribution >= 0.6 is 11.3 Å². The second-order valence-corrected chi connectivity index (χ2v) is 5.45. The van der Waals surface area contributed by atoms with Crippen LogP contribution in [0.1, 0.15) is 10.4 Å². The lowest BCUT2D eigenvalue weighted by Gasteiger charge is -2.01. The van der Waals surface area contributed by atoms with Crippen LogP contribution in [-0.4, -0.2) is 26.9 Å². The molecule has 1 unspecified atom stereocenters. The van der Waals surface area contributed by atoms with Gasteiger partial charge in [-0.05, 0) is 23.3 Å². The molecule has 0 spiro atoms. The van der Waals surface area contributed by atoms with Crippen molar-refractivity contribution in [1.82, 2.24) is 4.98 Å². The number of carboxylic acid groups (broad SMARTS) is 1. The van der Waals surface area contributed by atoms with Gasteiger partial charge in [0.25, 0.3) is 0 Å². The normalized spacial score (nSPS) is 12.9. The van der Waals surface area contributed by atoms with Crippen molar-refractivity contribution >= 4 is 38.7 Å². The van der Waals surface area contributed by atoms with Crippen LogP contribution in [-0.2, 0) is 11.2 Å². The topological polar surface area (TPSA) is 73.2 Å². The van der Waals surface area contributed by atoms with Gasteiger partial charge in [-0.15, -0.1) is 0 Å². The van der Waals surface area contributed by atoms with Gasteiger partial charge in [0.2, 0.25) is 4.21 Å². The van der Waals surface area contributed by atoms with Crippen molar-refractivity contribution in [2.45, 2.75) is 4.21 Å². The Morgan fingerprint density at radius 1 is 1.67 bits per heavy atom. The largest absolute Gasteiger partial charge is 0.611 e. The molecule has 0 fully saturated rings. The second kappa shape index (κ2) is 3.80. The van der Waals surface area contributed by atoms with E-state index in [1.807, 2.05) is 0 Å². The summed E-state index contributed by atoms with van der Waals surface area (Å²) in [6.07, 6.45) is 3.06. The number of hydrogen-bond donors (Lipinski definition) is 1. The Labute approximate surface area is 92.8 Å². The van der Waals surface area contributed by atoms with Gasteiger partial charge in [0.1, 0.15) is 16.6 Å². The van der Waals surface area contributed by atoms with Crippen molar-refractivity contribution in [3.8, 4) is 0 Å². The minimum atomic E-state index is -1.30. The van der Waals surface area contributed by atoms with Crippen molar-refractivity contribution in [2.75, 3.05) is 6.26 Å². The first-order chi connectivity index (χ1) is 7.11. The molecule has 0 aliphatic heterocycles. The number of thiophene rings is 1. The van der Waals surface area contributed by atoms with Gasteiger partial charge >= 0.3 is 5.97 Å². The molecule has 0 bridgehead atoms. The third kappa shape index (κ3) is 1.71. The van der Waals surface area contributed by atoms with Gasteiger partial charge in [-0.25, -0.2) is 9.78 Å². The maximum absolute atomic E-state index is 11.4. The molecule has 2 aromatic heterocycles. The Bertz CT molecular complexity index is 521. The highest BCUT2D eigenvalue weighted by Gasteiger charge is 2.25. The first kappa shape index (κ1) is 10.4. The zero-order valence-corrected chi connectivity index (χ0v) is 9.39. The van der Waals surface area contributed by atoms with Gasteiger partial charge in [0, 0.05) is 11.6 Å². The van der Waals surface area contributed by atoms with Crippen LogP contribution in [0.3, 0.4) is 0 Å². The summed E-state index contributed by atoms with van der Waals surface area (Å²) in [7, 11) is 0. The highest BCUT2D eigenvalue weighted by atomic mass is 32.2. The number of aromatic carboxylic acids is 1. The molecule has 4 nitrogen and oxygen atoms in total. The first-order valence-corrected chi connectivity index (χ1v) is 6.43. The maximum atomic E-state index is 11.4. The van der Waals surface area contributed by atoms with Crippen molar-refractivity contribution in [2.24, 2.45) is 0 Å². The number of pyridine rings is 1. The quantitative estimate of drug-likeness (QED) is 0.813. The molecule has 0 aromatic carbocycles. The molecule has 0 amide bonds. The molecule has 0 radical (unpaired) electrons. The zero-order chi connectivity index (χ0) is 11.0. The Morgan fingerprint density at radius 2 is 2.40 bits per heavy atom. The number of carbonyl (C=O) groups is 1. The Morgan fingerprint density at radius 3 is 3.00 bits per heavy atom. The molecule has 6 heteroatoms. The molecular formula is C9H7NO3S2. The predicted molar refractivity (Wildman–Crippen MR) is 58.9 cm³/mol. The fraction of sp³-hybridized carbons (Fsp3) is 0.111. The molecule has 78 valence electrons. The Balaban J connectivity index is 2.80. The monoisotopic (exact) mass is 241 g/mol. The van der Waals surface area contributed by atoms with E-state index in [2.05, 4.69) is 4.98 Å². The van der Waals surface area contributed by atoms with Gasteiger partial charge in [0.05, 0.1) is 0 Å². The molecule has 0 saturated carbocycles. The van der Waals surface area contributed by atoms with E-state index < -0.39 is 17.1 Å². The van der Waals surface area contributed by atoms with Crippen molar-refractivity contribution in [3.63, 3.8) is 0 Å². The molecule has 0 saturated heterocycles. The number of carboxylic acids is 1. The summed E-state index contributed by atoms with van der Waals surface area (Å²) in [5, 5.41) is 9.60. The third-order valence-corrected chi connectivity index (χ3v) is 4.50. The number of fused-ring (bicyclic) bond motifs is 1. The summed E-state index contributed by atoms with van der Waals surface area (Å²) in [4.78, 5) is 15.7. The molecule has 2 heterocycles. The average Bonchev–Trinajstić information content (AvgIpc) is 2.56. The molecular weight excluding hydrogens is 234 g/mol. The molecule has 2 rings (SSSR count). The first-order valence-electron chi connectivity index (χ1n) is 4.05. The van der Waals surface area contributed by atoms with Gasteiger partial charge in [-0.2, -0.15) is 0 Å². The number of aromatic nitrogens is 1. The van der Waals surface area contributed by atoms with E-state index >= 15 is 0 Å². The third-order valence-electron chi connectivity index (χ3n) is 1.91. The minimum absolute atomic E-state index is 0.115. The van der Waals surface area contributed by atoms with E-state index in [4.69, 9.17) is 5.11 Å². The van der Waals surface area contributed by atoms with Crippen LogP contribution in [0, 0.1) is 0 Å². The molecule has 0 aliphatic rings. The molecule has 2 aromatic rings. The second-order valence-electron chi connectivity index (χ2n) is 2.88. The van der Waals surface area contributed by atoms with E-state index in [-0.39, 0.29) is 5.56 Å². The summed E-state index contributed by atoms with van der Waals surface area (Å²) >= 11 is -0.128. The summed E-state index contributed by atoms with van der Waals surface area (Å²) in [5.41, 5.74) is 0.115. The van der Waals surface area contributed by atoms with E-state index in [0.717, 1.165) is 0 Å². The van der Waals surface area contributed by atoms with Crippen LogP contribution in [0.4, 0.5) is 0 Å². The highest BCUT2D eigenvalue weighted by molar-refractivity contribution is 7.93. The van der Waals surface area contributed by atoms with Crippen LogP contribution in [0.15, 0.2) is 22.5 Å². The summed E-state index contributed by atoms with van der Waals surface area (Å²) in [6.45, 7) is 0. The van der Waals surface area contributed by atoms with Gasteiger partial charge < -0.3 is 9.66 Å². The summed E-state index contributed by atoms with van der Waals surface area (Å²) in [5.74, 6) is -1.06. The number of hydrogen-bond acceptors (Lipinski definition) is 4. The van der Waals surface area contributed by atoms with Crippen molar-refractivity contribution < 1.29 is 14.5 Å². The number of rotatable bonds is 2. The van der Waals surface area contributed by atoms with E-state index in [1.54, 1.807) is 18.3 Å². The van der Waals surface area contributed by atoms with Crippen LogP contribution in [0.2, 0.25) is 0 Å². The summed E-state index contributed by atoms with van der Waals surface area (Å²) < 4.78 is 11.7. The lowest BCUT2D eigenvalue weighted by atomic mass is 10.2. The average molecular weight is 241 g/mol.